The molecule has 0 heteroatoms. The Bertz CT molecular complexity index is 361. The third-order valence-electron chi connectivity index (χ3n) is 9.34. The fourth-order valence-corrected chi connectivity index (χ4v) is 6.56. The first-order chi connectivity index (χ1) is 18.8. The van der Waals surface area contributed by atoms with E-state index in [2.05, 4.69) is 27.7 Å². The molecule has 0 heterocycles. The van der Waals surface area contributed by atoms with E-state index in [0.29, 0.717) is 0 Å². The van der Waals surface area contributed by atoms with Gasteiger partial charge in [-0.05, 0) is 11.8 Å². The minimum absolute atomic E-state index is 1.03. The van der Waals surface area contributed by atoms with Crippen molar-refractivity contribution in [2.24, 2.45) is 11.8 Å². The van der Waals surface area contributed by atoms with E-state index >= 15 is 0 Å². The number of hydrogen-bond donors (Lipinski definition) is 0. The Balaban J connectivity index is 3.81. The molecule has 0 nitrogen and oxygen atoms in total. The van der Waals surface area contributed by atoms with Crippen LogP contribution >= 0.6 is 0 Å². The van der Waals surface area contributed by atoms with Gasteiger partial charge >= 0.3 is 0 Å². The maximum Gasteiger partial charge on any atom is -0.0414 e. The molecule has 0 amide bonds. The van der Waals surface area contributed by atoms with E-state index < -0.39 is 0 Å². The molecule has 0 aliphatic rings. The lowest BCUT2D eigenvalue weighted by Gasteiger charge is -2.17. The highest BCUT2D eigenvalue weighted by Gasteiger charge is 2.10. The van der Waals surface area contributed by atoms with Crippen LogP contribution in [0, 0.1) is 11.8 Å². The Morgan fingerprint density at radius 1 is 0.211 bits per heavy atom. The van der Waals surface area contributed by atoms with Crippen molar-refractivity contribution >= 4 is 0 Å². The minimum atomic E-state index is 1.03. The predicted octanol–water partition coefficient (Wildman–Crippen LogP) is 14.8. The summed E-state index contributed by atoms with van der Waals surface area (Å²) in [4.78, 5) is 0. The van der Waals surface area contributed by atoms with Gasteiger partial charge in [-0.2, -0.15) is 0 Å². The summed E-state index contributed by atoms with van der Waals surface area (Å²) in [5, 5.41) is 0. The molecule has 0 fully saturated rings. The molecule has 0 saturated heterocycles. The van der Waals surface area contributed by atoms with Gasteiger partial charge in [0.05, 0.1) is 0 Å². The summed E-state index contributed by atoms with van der Waals surface area (Å²) in [5.41, 5.74) is 0. The number of hydrogen-bond acceptors (Lipinski definition) is 0. The maximum atomic E-state index is 2.37. The highest BCUT2D eigenvalue weighted by Crippen LogP contribution is 2.26. The van der Waals surface area contributed by atoms with Crippen LogP contribution in [0.4, 0.5) is 0 Å². The second-order valence-corrected chi connectivity index (χ2v) is 13.2. The first-order valence-electron chi connectivity index (χ1n) is 18.8. The third kappa shape index (κ3) is 29.0. The summed E-state index contributed by atoms with van der Waals surface area (Å²) in [6, 6.07) is 0. The molecule has 2 unspecified atom stereocenters. The second-order valence-electron chi connectivity index (χ2n) is 13.2. The summed E-state index contributed by atoms with van der Waals surface area (Å²) in [6.07, 6.45) is 47.2. The fourth-order valence-electron chi connectivity index (χ4n) is 6.56. The average molecular weight is 535 g/mol. The molecule has 230 valence electrons. The van der Waals surface area contributed by atoms with Crippen LogP contribution in [0.1, 0.15) is 233 Å². The van der Waals surface area contributed by atoms with Gasteiger partial charge in [-0.25, -0.2) is 0 Å². The van der Waals surface area contributed by atoms with E-state index in [9.17, 15) is 0 Å². The van der Waals surface area contributed by atoms with Crippen LogP contribution in [0.15, 0.2) is 0 Å². The van der Waals surface area contributed by atoms with Gasteiger partial charge in [-0.1, -0.05) is 233 Å². The van der Waals surface area contributed by atoms with Gasteiger partial charge in [0, 0.05) is 0 Å². The average Bonchev–Trinajstić information content (AvgIpc) is 2.93. The highest BCUT2D eigenvalue weighted by atomic mass is 14.2. The Morgan fingerprint density at radius 2 is 0.395 bits per heavy atom. The van der Waals surface area contributed by atoms with Crippen molar-refractivity contribution in [3.8, 4) is 0 Å². The van der Waals surface area contributed by atoms with Crippen molar-refractivity contribution in [3.63, 3.8) is 0 Å². The van der Waals surface area contributed by atoms with Crippen LogP contribution < -0.4 is 0 Å². The molecule has 0 spiro atoms. The van der Waals surface area contributed by atoms with Crippen molar-refractivity contribution in [1.82, 2.24) is 0 Å². The second kappa shape index (κ2) is 33.2. The van der Waals surface area contributed by atoms with E-state index in [1.165, 1.54) is 205 Å². The van der Waals surface area contributed by atoms with Crippen molar-refractivity contribution in [3.05, 3.63) is 0 Å². The molecule has 0 radical (unpaired) electrons. The molecule has 38 heavy (non-hydrogen) atoms. The normalized spacial score (nSPS) is 13.3. The van der Waals surface area contributed by atoms with Crippen molar-refractivity contribution in [1.29, 1.82) is 0 Å². The van der Waals surface area contributed by atoms with Crippen LogP contribution in [0.5, 0.6) is 0 Å². The Morgan fingerprint density at radius 3 is 0.632 bits per heavy atom. The van der Waals surface area contributed by atoms with Crippen molar-refractivity contribution in [2.75, 3.05) is 0 Å². The number of unbranched alkanes of at least 4 members (excludes halogenated alkanes) is 21. The van der Waals surface area contributed by atoms with Gasteiger partial charge < -0.3 is 0 Å². The van der Waals surface area contributed by atoms with Crippen molar-refractivity contribution in [2.45, 2.75) is 233 Å². The van der Waals surface area contributed by atoms with E-state index in [4.69, 9.17) is 0 Å². The standard InChI is InChI=1S/C38H78/c1-5-9-13-15-17-19-23-27-33-37(31-11-7-3)35-29-25-21-22-26-30-36-38(32-12-8-4)34-28-24-20-18-16-14-10-6-2/h37-38H,5-36H2,1-4H3. The quantitative estimate of drug-likeness (QED) is 0.0734. The highest BCUT2D eigenvalue weighted by molar-refractivity contribution is 4.63. The fraction of sp³-hybridized carbons (Fsp3) is 1.00. The molecular weight excluding hydrogens is 456 g/mol. The number of rotatable bonds is 33. The lowest BCUT2D eigenvalue weighted by atomic mass is 9.89. The lowest BCUT2D eigenvalue weighted by molar-refractivity contribution is 0.363. The van der Waals surface area contributed by atoms with Gasteiger partial charge in [0.25, 0.3) is 0 Å². The lowest BCUT2D eigenvalue weighted by Crippen LogP contribution is -2.02. The zero-order valence-electron chi connectivity index (χ0n) is 27.8. The maximum absolute atomic E-state index is 2.37. The van der Waals surface area contributed by atoms with E-state index in [1.807, 2.05) is 0 Å². The van der Waals surface area contributed by atoms with E-state index in [1.54, 1.807) is 0 Å². The summed E-state index contributed by atoms with van der Waals surface area (Å²) in [7, 11) is 0. The van der Waals surface area contributed by atoms with Gasteiger partial charge in [-0.15, -0.1) is 0 Å². The first-order valence-corrected chi connectivity index (χ1v) is 18.8. The van der Waals surface area contributed by atoms with Gasteiger partial charge in [0.15, 0.2) is 0 Å². The summed E-state index contributed by atoms with van der Waals surface area (Å²) in [6.45, 7) is 9.38. The summed E-state index contributed by atoms with van der Waals surface area (Å²) < 4.78 is 0. The third-order valence-corrected chi connectivity index (χ3v) is 9.34. The van der Waals surface area contributed by atoms with Crippen molar-refractivity contribution < 1.29 is 0 Å². The zero-order chi connectivity index (χ0) is 27.8. The molecule has 0 aliphatic heterocycles. The smallest absolute Gasteiger partial charge is 0.0414 e. The topological polar surface area (TPSA) is 0 Å². The summed E-state index contributed by atoms with van der Waals surface area (Å²) >= 11 is 0. The van der Waals surface area contributed by atoms with Gasteiger partial charge in [0.2, 0.25) is 0 Å². The van der Waals surface area contributed by atoms with Crippen LogP contribution in [-0.4, -0.2) is 0 Å². The molecule has 0 aromatic rings. The van der Waals surface area contributed by atoms with Gasteiger partial charge in [0.1, 0.15) is 0 Å². The molecule has 0 aromatic heterocycles. The monoisotopic (exact) mass is 535 g/mol. The Labute approximate surface area is 244 Å². The first kappa shape index (κ1) is 38.0. The molecule has 0 rings (SSSR count). The van der Waals surface area contributed by atoms with Crippen LogP contribution in [0.25, 0.3) is 0 Å². The predicted molar refractivity (Wildman–Crippen MR) is 177 cm³/mol. The van der Waals surface area contributed by atoms with Crippen LogP contribution in [0.3, 0.4) is 0 Å². The van der Waals surface area contributed by atoms with Crippen LogP contribution in [-0.2, 0) is 0 Å². The largest absolute Gasteiger partial charge is 0.0654 e. The molecule has 0 aromatic carbocycles. The molecule has 2 atom stereocenters. The molecule has 0 bridgehead atoms. The Hall–Kier alpha value is 0. The zero-order valence-corrected chi connectivity index (χ0v) is 27.8. The molecular formula is C38H78. The molecule has 0 saturated carbocycles. The van der Waals surface area contributed by atoms with Gasteiger partial charge in [-0.3, -0.25) is 0 Å². The summed E-state index contributed by atoms with van der Waals surface area (Å²) in [5.74, 6) is 2.07. The SMILES string of the molecule is CCCCCCCCCCC(CCCC)CCCCCCCCC(CCCC)CCCCCCCCCC. The van der Waals surface area contributed by atoms with E-state index in [0.717, 1.165) is 11.8 Å². The van der Waals surface area contributed by atoms with Crippen LogP contribution in [0.2, 0.25) is 0 Å². The molecule has 0 N–H and O–H groups in total. The van der Waals surface area contributed by atoms with E-state index in [-0.39, 0.29) is 0 Å². The minimum Gasteiger partial charge on any atom is -0.0654 e. The Kier molecular flexibility index (Phi) is 33.2. The molecule has 0 aliphatic carbocycles.